The number of hydrogen-bond donors (Lipinski definition) is 2. The van der Waals surface area contributed by atoms with Crippen LogP contribution in [0.25, 0.3) is 5.65 Å². The summed E-state index contributed by atoms with van der Waals surface area (Å²) in [6.07, 6.45) is 7.08. The molecule has 2 aromatic heterocycles. The maximum Gasteiger partial charge on any atom is 0.180 e. The van der Waals surface area contributed by atoms with Gasteiger partial charge in [0.05, 0.1) is 12.3 Å². The molecule has 2 heterocycles. The van der Waals surface area contributed by atoms with Crippen LogP contribution in [0.4, 0.5) is 11.6 Å². The van der Waals surface area contributed by atoms with Crippen LogP contribution in [0.3, 0.4) is 0 Å². The fraction of sp³-hybridized carbons (Fsp3) is 0.571. The number of aromatic nitrogens is 3. The highest BCUT2D eigenvalue weighted by Gasteiger charge is 2.12. The molecule has 0 radical (unpaired) electrons. The summed E-state index contributed by atoms with van der Waals surface area (Å²) in [6, 6.07) is 0. The molecule has 2 N–H and O–H groups in total. The normalized spacial score (nSPS) is 12.6. The SMILES string of the molecule is CCCNc1cn2ccnc2c(N(C)CCC(C)O)n1. The first-order valence-electron chi connectivity index (χ1n) is 7.08. The second-order valence-corrected chi connectivity index (χ2v) is 5.09. The lowest BCUT2D eigenvalue weighted by atomic mass is 10.3. The van der Waals surface area contributed by atoms with E-state index in [0.29, 0.717) is 6.42 Å². The van der Waals surface area contributed by atoms with Crippen molar-refractivity contribution in [3.8, 4) is 0 Å². The molecular formula is C14H23N5O. The highest BCUT2D eigenvalue weighted by molar-refractivity contribution is 5.66. The first kappa shape index (κ1) is 14.6. The summed E-state index contributed by atoms with van der Waals surface area (Å²) in [4.78, 5) is 11.0. The molecule has 2 aromatic rings. The molecule has 0 aromatic carbocycles. The lowest BCUT2D eigenvalue weighted by molar-refractivity contribution is 0.187. The maximum absolute atomic E-state index is 9.41. The van der Waals surface area contributed by atoms with E-state index >= 15 is 0 Å². The van der Waals surface area contributed by atoms with E-state index < -0.39 is 0 Å². The number of anilines is 2. The van der Waals surface area contributed by atoms with Gasteiger partial charge in [0.1, 0.15) is 5.82 Å². The molecule has 6 nitrogen and oxygen atoms in total. The van der Waals surface area contributed by atoms with Crippen molar-refractivity contribution >= 4 is 17.3 Å². The fourth-order valence-electron chi connectivity index (χ4n) is 2.00. The Morgan fingerprint density at radius 1 is 1.50 bits per heavy atom. The van der Waals surface area contributed by atoms with Gasteiger partial charge >= 0.3 is 0 Å². The summed E-state index contributed by atoms with van der Waals surface area (Å²) in [7, 11) is 1.98. The van der Waals surface area contributed by atoms with Crippen LogP contribution in [-0.2, 0) is 0 Å². The topological polar surface area (TPSA) is 65.7 Å². The molecule has 0 bridgehead atoms. The van der Waals surface area contributed by atoms with Crippen molar-refractivity contribution in [3.63, 3.8) is 0 Å². The Morgan fingerprint density at radius 2 is 2.30 bits per heavy atom. The minimum Gasteiger partial charge on any atom is -0.393 e. The van der Waals surface area contributed by atoms with Gasteiger partial charge in [0.25, 0.3) is 0 Å². The highest BCUT2D eigenvalue weighted by atomic mass is 16.3. The van der Waals surface area contributed by atoms with E-state index in [9.17, 15) is 5.11 Å². The Labute approximate surface area is 119 Å². The Balaban J connectivity index is 2.26. The van der Waals surface area contributed by atoms with Gasteiger partial charge < -0.3 is 19.7 Å². The van der Waals surface area contributed by atoms with Gasteiger partial charge in [0, 0.05) is 32.5 Å². The Morgan fingerprint density at radius 3 is 3.00 bits per heavy atom. The van der Waals surface area contributed by atoms with Gasteiger partial charge in [-0.1, -0.05) is 6.92 Å². The average molecular weight is 277 g/mol. The third-order valence-electron chi connectivity index (χ3n) is 3.16. The van der Waals surface area contributed by atoms with Crippen LogP contribution >= 0.6 is 0 Å². The largest absolute Gasteiger partial charge is 0.393 e. The number of nitrogens with zero attached hydrogens (tertiary/aromatic N) is 4. The predicted octanol–water partition coefficient (Wildman–Crippen LogP) is 1.76. The van der Waals surface area contributed by atoms with Gasteiger partial charge in [-0.2, -0.15) is 0 Å². The second-order valence-electron chi connectivity index (χ2n) is 5.09. The third kappa shape index (κ3) is 3.39. The average Bonchev–Trinajstić information content (AvgIpc) is 2.89. The van der Waals surface area contributed by atoms with Crippen molar-refractivity contribution < 1.29 is 5.11 Å². The van der Waals surface area contributed by atoms with E-state index in [1.54, 1.807) is 13.1 Å². The summed E-state index contributed by atoms with van der Waals surface area (Å²) in [5.74, 6) is 1.67. The van der Waals surface area contributed by atoms with E-state index in [-0.39, 0.29) is 6.10 Å². The molecule has 0 spiro atoms. The summed E-state index contributed by atoms with van der Waals surface area (Å²) < 4.78 is 1.97. The number of nitrogens with one attached hydrogen (secondary N) is 1. The first-order valence-corrected chi connectivity index (χ1v) is 7.08. The van der Waals surface area contributed by atoms with E-state index in [2.05, 4.69) is 22.2 Å². The lowest BCUT2D eigenvalue weighted by Gasteiger charge is -2.20. The predicted molar refractivity (Wildman–Crippen MR) is 81.3 cm³/mol. The van der Waals surface area contributed by atoms with Crippen molar-refractivity contribution in [1.82, 2.24) is 14.4 Å². The summed E-state index contributed by atoms with van der Waals surface area (Å²) in [5, 5.41) is 12.7. The zero-order valence-corrected chi connectivity index (χ0v) is 12.4. The molecule has 0 aliphatic rings. The van der Waals surface area contributed by atoms with Crippen LogP contribution in [0.1, 0.15) is 26.7 Å². The van der Waals surface area contributed by atoms with E-state index in [4.69, 9.17) is 0 Å². The molecule has 1 atom stereocenters. The highest BCUT2D eigenvalue weighted by Crippen LogP contribution is 2.20. The number of rotatable bonds is 7. The zero-order chi connectivity index (χ0) is 14.5. The smallest absolute Gasteiger partial charge is 0.180 e. The van der Waals surface area contributed by atoms with E-state index in [1.807, 2.05) is 28.7 Å². The number of aliphatic hydroxyl groups is 1. The number of aliphatic hydroxyl groups excluding tert-OH is 1. The van der Waals surface area contributed by atoms with Gasteiger partial charge in [-0.25, -0.2) is 9.97 Å². The van der Waals surface area contributed by atoms with Crippen LogP contribution in [0.5, 0.6) is 0 Å². The van der Waals surface area contributed by atoms with E-state index in [0.717, 1.165) is 36.8 Å². The summed E-state index contributed by atoms with van der Waals surface area (Å²) >= 11 is 0. The standard InChI is InChI=1S/C14H23N5O/c1-4-6-15-12-10-19-9-7-16-13(19)14(17-12)18(3)8-5-11(2)20/h7,9-11,15,20H,4-6,8H2,1-3H3. The van der Waals surface area contributed by atoms with Crippen molar-refractivity contribution in [1.29, 1.82) is 0 Å². The van der Waals surface area contributed by atoms with Crippen molar-refractivity contribution in [2.24, 2.45) is 0 Å². The van der Waals surface area contributed by atoms with Crippen LogP contribution in [0, 0.1) is 0 Å². The van der Waals surface area contributed by atoms with E-state index in [1.165, 1.54) is 0 Å². The van der Waals surface area contributed by atoms with Gasteiger partial charge in [0.2, 0.25) is 0 Å². The molecule has 2 rings (SSSR count). The number of fused-ring (bicyclic) bond motifs is 1. The van der Waals surface area contributed by atoms with Crippen molar-refractivity contribution in [2.45, 2.75) is 32.8 Å². The zero-order valence-electron chi connectivity index (χ0n) is 12.4. The van der Waals surface area contributed by atoms with Gasteiger partial charge in [-0.05, 0) is 19.8 Å². The molecule has 0 saturated carbocycles. The van der Waals surface area contributed by atoms with Gasteiger partial charge in [0.15, 0.2) is 11.5 Å². The van der Waals surface area contributed by atoms with Gasteiger partial charge in [-0.3, -0.25) is 0 Å². The molecule has 0 saturated heterocycles. The van der Waals surface area contributed by atoms with Crippen LogP contribution < -0.4 is 10.2 Å². The Hall–Kier alpha value is -1.82. The molecule has 1 unspecified atom stereocenters. The Bertz CT molecular complexity index is 551. The second kappa shape index (κ2) is 6.56. The lowest BCUT2D eigenvalue weighted by Crippen LogP contribution is -2.24. The number of imidazole rings is 1. The molecule has 6 heteroatoms. The van der Waals surface area contributed by atoms with Crippen LogP contribution in [0.2, 0.25) is 0 Å². The number of hydrogen-bond acceptors (Lipinski definition) is 5. The molecule has 20 heavy (non-hydrogen) atoms. The maximum atomic E-state index is 9.41. The molecular weight excluding hydrogens is 254 g/mol. The molecule has 0 aliphatic carbocycles. The van der Waals surface area contributed by atoms with Crippen LogP contribution in [-0.4, -0.2) is 45.7 Å². The van der Waals surface area contributed by atoms with Gasteiger partial charge in [-0.15, -0.1) is 0 Å². The minimum absolute atomic E-state index is 0.311. The monoisotopic (exact) mass is 277 g/mol. The quantitative estimate of drug-likeness (QED) is 0.807. The molecule has 110 valence electrons. The fourth-order valence-corrected chi connectivity index (χ4v) is 2.00. The first-order chi connectivity index (χ1) is 9.61. The Kier molecular flexibility index (Phi) is 4.79. The van der Waals surface area contributed by atoms with Crippen molar-refractivity contribution in [3.05, 3.63) is 18.6 Å². The third-order valence-corrected chi connectivity index (χ3v) is 3.16. The molecule has 0 fully saturated rings. The summed E-state index contributed by atoms with van der Waals surface area (Å²) in [5.41, 5.74) is 0.833. The summed E-state index contributed by atoms with van der Waals surface area (Å²) in [6.45, 7) is 5.55. The van der Waals surface area contributed by atoms with Crippen LogP contribution in [0.15, 0.2) is 18.6 Å². The van der Waals surface area contributed by atoms with Crippen molar-refractivity contribution in [2.75, 3.05) is 30.4 Å². The molecule has 0 amide bonds. The minimum atomic E-state index is -0.311. The molecule has 0 aliphatic heterocycles.